The van der Waals surface area contributed by atoms with E-state index in [0.29, 0.717) is 5.69 Å². The van der Waals surface area contributed by atoms with Crippen LogP contribution in [0.5, 0.6) is 0 Å². The number of aromatic amines is 1. The molecule has 0 spiro atoms. The van der Waals surface area contributed by atoms with Crippen molar-refractivity contribution in [3.8, 4) is 0 Å². The third kappa shape index (κ3) is 36.1. The normalized spacial score (nSPS) is 13.4. The maximum atomic E-state index is 10.6. The van der Waals surface area contributed by atoms with Crippen molar-refractivity contribution in [3.63, 3.8) is 0 Å². The number of Topliss-reactive ketones (excluding diaryl/α,β-unsaturated/α-hetero) is 1. The number of pyridine rings is 1. The molecule has 23 nitrogen and oxygen atoms in total. The monoisotopic (exact) mass is 1000 g/mol. The van der Waals surface area contributed by atoms with Crippen LogP contribution in [0, 0.1) is 0 Å². The zero-order valence-corrected chi connectivity index (χ0v) is 39.3. The number of aliphatic hydroxyl groups excluding tert-OH is 3. The summed E-state index contributed by atoms with van der Waals surface area (Å²) in [5, 5.41) is 81.8. The minimum absolute atomic E-state index is 0. The number of nitrogens with zero attached hydrogens (tertiary/aromatic N) is 4. The fourth-order valence-corrected chi connectivity index (χ4v) is 2.93. The van der Waals surface area contributed by atoms with Crippen LogP contribution in [0.15, 0.2) is 101 Å². The second-order valence-corrected chi connectivity index (χ2v) is 10.4. The fourth-order valence-electron chi connectivity index (χ4n) is 2.93. The number of hydrogen-bond donors (Lipinski definition) is 11. The molecular weight excluding hydrogens is 962 g/mol. The predicted molar refractivity (Wildman–Crippen MR) is 203 cm³/mol. The maximum absolute atomic E-state index is 10.6. The second kappa shape index (κ2) is 38.6. The maximum Gasteiger partial charge on any atom is 0.380 e. The van der Waals surface area contributed by atoms with E-state index in [4.69, 9.17) is 56.8 Å². The molecule has 0 saturated heterocycles. The molecule has 4 unspecified atom stereocenters. The van der Waals surface area contributed by atoms with Gasteiger partial charge in [-0.1, -0.05) is 18.2 Å². The third-order valence-corrected chi connectivity index (χ3v) is 5.74. The van der Waals surface area contributed by atoms with E-state index in [1.54, 1.807) is 30.8 Å². The second-order valence-electron chi connectivity index (χ2n) is 10.4. The molecule has 4 rings (SSSR count). The predicted octanol–water partition coefficient (Wildman–Crippen LogP) is -0.883. The summed E-state index contributed by atoms with van der Waals surface area (Å²) in [7, 11) is 0. The number of aliphatic imine (C=N–C) groups is 2. The van der Waals surface area contributed by atoms with Crippen LogP contribution < -0.4 is 5.73 Å². The number of nitrogens with one attached hydrogen (secondary N) is 1. The van der Waals surface area contributed by atoms with Crippen LogP contribution in [0.3, 0.4) is 0 Å². The van der Waals surface area contributed by atoms with E-state index < -0.39 is 72.6 Å². The van der Waals surface area contributed by atoms with E-state index >= 15 is 0 Å². The van der Waals surface area contributed by atoms with Gasteiger partial charge in [-0.2, -0.15) is 0 Å². The Morgan fingerprint density at radius 1 is 0.803 bits per heavy atom. The van der Waals surface area contributed by atoms with Gasteiger partial charge in [0.25, 0.3) is 6.10 Å². The Hall–Kier alpha value is -5.54. The largest absolute Gasteiger partial charge is 0.480 e. The molecule has 0 aromatic carbocycles. The fraction of sp³-hybridized carbons (Fsp3) is 0.229. The van der Waals surface area contributed by atoms with Gasteiger partial charge in [0.05, 0.1) is 30.0 Å². The summed E-state index contributed by atoms with van der Waals surface area (Å²) in [5.41, 5.74) is 6.98. The van der Waals surface area contributed by atoms with Crippen LogP contribution >= 0.6 is 0 Å². The molecule has 0 fully saturated rings. The van der Waals surface area contributed by atoms with Crippen molar-refractivity contribution < 1.29 is 141 Å². The van der Waals surface area contributed by atoms with Gasteiger partial charge in [0.15, 0.2) is 6.10 Å². The van der Waals surface area contributed by atoms with Gasteiger partial charge in [-0.25, -0.2) is 33.9 Å². The average molecular weight is 1010 g/mol. The van der Waals surface area contributed by atoms with Gasteiger partial charge in [0.1, 0.15) is 17.8 Å². The van der Waals surface area contributed by atoms with E-state index in [-0.39, 0.29) is 61.7 Å². The first-order valence-electron chi connectivity index (χ1n) is 16.0. The first kappa shape index (κ1) is 64.6. The van der Waals surface area contributed by atoms with Crippen LogP contribution in [0.25, 0.3) is 6.08 Å². The molecule has 4 heterocycles. The molecule has 325 valence electrons. The van der Waals surface area contributed by atoms with Gasteiger partial charge in [-0.15, -0.1) is 0 Å². The molecule has 0 saturated carbocycles. The SMILES string of the molecule is CC(N)C(=O)O.O=C(O)C(=O)C([OH2+])C(O)C(O)CO.O=C(O)C=CC1=CCC=N1.O=C(O)C=CC1=CCC=N1.O=C(O)C=Cc1c[nH]cn1.O=C(O)c1ccccn1.[Mn].[Zn].[Zn]. The standard InChI is InChI=1S/2C7H7NO2.C6H6N2O2.C6H5NO2.C6H10O7.C3H7NO2.Mn.2Zn/c2*9-7(10)4-3-6-2-1-5-8-6;9-6(10)2-1-5-3-7-4-8-5;8-6(9)5-3-1-2-4-7-5;7-1-2(8)3(9)4(10)5(11)6(12)13;1-2(4)3(5)6;;;/h2*2-5H,1H2,(H,9,10);1-4H,(H,7,8)(H,9,10);1-4H,(H,8,9);2-4,7-10H,1H2,(H,12,13);2H,4H2,1H3,(H,5,6);;;/p+1. The molecule has 0 bridgehead atoms. The van der Waals surface area contributed by atoms with Gasteiger partial charge in [-0.3, -0.25) is 19.6 Å². The summed E-state index contributed by atoms with van der Waals surface area (Å²) in [6.07, 6.45) is 15.3. The molecule has 2 aliphatic heterocycles. The number of carboxylic acid groups (broad SMARTS) is 6. The molecule has 0 aliphatic carbocycles. The Morgan fingerprint density at radius 2 is 1.26 bits per heavy atom. The minimum atomic E-state index is -1.99. The van der Waals surface area contributed by atoms with Gasteiger partial charge < -0.3 is 61.8 Å². The zero-order valence-electron chi connectivity index (χ0n) is 32.2. The van der Waals surface area contributed by atoms with E-state index in [1.165, 1.54) is 43.7 Å². The number of aromatic carboxylic acids is 1. The smallest absolute Gasteiger partial charge is 0.380 e. The molecule has 26 heteroatoms. The van der Waals surface area contributed by atoms with Crippen molar-refractivity contribution in [1.29, 1.82) is 0 Å². The molecule has 1 radical (unpaired) electrons. The summed E-state index contributed by atoms with van der Waals surface area (Å²) < 4.78 is 0. The first-order valence-corrected chi connectivity index (χ1v) is 16.0. The van der Waals surface area contributed by atoms with Crippen LogP contribution in [0.4, 0.5) is 0 Å². The van der Waals surface area contributed by atoms with Crippen molar-refractivity contribution in [3.05, 3.63) is 102 Å². The van der Waals surface area contributed by atoms with E-state index in [0.717, 1.165) is 42.5 Å². The van der Waals surface area contributed by atoms with E-state index in [9.17, 15) is 33.6 Å². The summed E-state index contributed by atoms with van der Waals surface area (Å²) in [4.78, 5) is 88.1. The molecule has 2 aromatic rings. The van der Waals surface area contributed by atoms with Crippen molar-refractivity contribution >= 4 is 60.1 Å². The van der Waals surface area contributed by atoms with Crippen LogP contribution in [-0.2, 0) is 84.8 Å². The van der Waals surface area contributed by atoms with E-state index in [1.807, 2.05) is 12.2 Å². The molecule has 14 N–H and O–H groups in total. The van der Waals surface area contributed by atoms with Crippen molar-refractivity contribution in [1.82, 2.24) is 15.0 Å². The Labute approximate surface area is 382 Å². The first-order chi connectivity index (χ1) is 27.2. The van der Waals surface area contributed by atoms with Crippen molar-refractivity contribution in [2.75, 3.05) is 6.61 Å². The topological polar surface area (TPSA) is 417 Å². The average Bonchev–Trinajstić information content (AvgIpc) is 4.01. The number of carbonyl (C=O) groups is 7. The van der Waals surface area contributed by atoms with E-state index in [2.05, 4.69) is 24.9 Å². The number of aliphatic carboxylic acids is 5. The van der Waals surface area contributed by atoms with Gasteiger partial charge in [0.2, 0.25) is 0 Å². The third-order valence-electron chi connectivity index (χ3n) is 5.74. The molecular formula is C35H43MnN6O17Zn2+. The molecule has 0 amide bonds. The van der Waals surface area contributed by atoms with Crippen LogP contribution in [-0.4, -0.2) is 151 Å². The Morgan fingerprint density at radius 3 is 1.54 bits per heavy atom. The minimum Gasteiger partial charge on any atom is -0.480 e. The molecule has 61 heavy (non-hydrogen) atoms. The number of aromatic nitrogens is 3. The number of imidazole rings is 1. The molecule has 2 aliphatic rings. The summed E-state index contributed by atoms with van der Waals surface area (Å²) in [6, 6.07) is 4.02. The van der Waals surface area contributed by atoms with Crippen LogP contribution in [0.1, 0.15) is 35.9 Å². The van der Waals surface area contributed by atoms with Crippen LogP contribution in [0.2, 0.25) is 0 Å². The van der Waals surface area contributed by atoms with Crippen molar-refractivity contribution in [2.24, 2.45) is 15.7 Å². The number of aliphatic hydroxyl groups is 3. The number of nitrogens with two attached hydrogens (primary N) is 1. The Balaban J connectivity index is -0.000000206. The number of rotatable bonds is 13. The van der Waals surface area contributed by atoms with Gasteiger partial charge in [-0.05, 0) is 37.3 Å². The number of hydrogen-bond acceptors (Lipinski definition) is 15. The number of carboxylic acids is 6. The molecule has 2 aromatic heterocycles. The Bertz CT molecular complexity index is 1800. The number of ketones is 1. The number of H-pyrrole nitrogens is 1. The van der Waals surface area contributed by atoms with Gasteiger partial charge in [0, 0.05) is 112 Å². The molecule has 4 atom stereocenters. The quantitative estimate of drug-likeness (QED) is 0.0502. The summed E-state index contributed by atoms with van der Waals surface area (Å²) in [5.74, 6) is -8.19. The van der Waals surface area contributed by atoms with Crippen molar-refractivity contribution in [2.45, 2.75) is 44.1 Å². The Kier molecular flexibility index (Phi) is 40.9. The van der Waals surface area contributed by atoms with Gasteiger partial charge >= 0.3 is 41.6 Å². The zero-order chi connectivity index (χ0) is 44.6. The number of allylic oxidation sites excluding steroid dienone is 4. The summed E-state index contributed by atoms with van der Waals surface area (Å²) in [6.45, 7) is 0.575. The number of carbonyl (C=O) groups excluding carboxylic acids is 1. The summed E-state index contributed by atoms with van der Waals surface area (Å²) >= 11 is 0.